The topological polar surface area (TPSA) is 95.6 Å². The Labute approximate surface area is 112 Å². The molecule has 1 aromatic carbocycles. The molecular weight excluding hydrogens is 244 g/mol. The average Bonchev–Trinajstić information content (AvgIpc) is 3.22. The highest BCUT2D eigenvalue weighted by Gasteiger charge is 2.30. The SMILES string of the molecule is NC(Cc1ccc(O)cc1)C(=O)NCC(O)C1CC1. The van der Waals surface area contributed by atoms with Crippen molar-refractivity contribution in [1.29, 1.82) is 0 Å². The molecule has 1 saturated carbocycles. The summed E-state index contributed by atoms with van der Waals surface area (Å²) in [4.78, 5) is 11.8. The molecule has 0 radical (unpaired) electrons. The van der Waals surface area contributed by atoms with Crippen molar-refractivity contribution >= 4 is 5.91 Å². The molecule has 5 N–H and O–H groups in total. The lowest BCUT2D eigenvalue weighted by molar-refractivity contribution is -0.122. The Bertz CT molecular complexity index is 429. The molecule has 2 rings (SSSR count). The van der Waals surface area contributed by atoms with Gasteiger partial charge in [-0.1, -0.05) is 12.1 Å². The van der Waals surface area contributed by atoms with E-state index in [2.05, 4.69) is 5.32 Å². The Morgan fingerprint density at radius 1 is 1.37 bits per heavy atom. The second-order valence-corrected chi connectivity index (χ2v) is 5.13. The molecular formula is C14H20N2O3. The third-order valence-electron chi connectivity index (χ3n) is 3.38. The van der Waals surface area contributed by atoms with Gasteiger partial charge in [-0.05, 0) is 42.9 Å². The number of amides is 1. The van der Waals surface area contributed by atoms with Crippen molar-refractivity contribution in [3.8, 4) is 5.75 Å². The van der Waals surface area contributed by atoms with Gasteiger partial charge in [0.1, 0.15) is 5.75 Å². The maximum absolute atomic E-state index is 11.8. The fourth-order valence-corrected chi connectivity index (χ4v) is 1.96. The highest BCUT2D eigenvalue weighted by atomic mass is 16.3. The monoisotopic (exact) mass is 264 g/mol. The first-order valence-corrected chi connectivity index (χ1v) is 6.55. The highest BCUT2D eigenvalue weighted by molar-refractivity contribution is 5.81. The molecule has 1 aliphatic rings. The summed E-state index contributed by atoms with van der Waals surface area (Å²) in [6.07, 6.45) is 2.03. The number of nitrogens with one attached hydrogen (secondary N) is 1. The number of aliphatic hydroxyl groups is 1. The lowest BCUT2D eigenvalue weighted by Crippen LogP contribution is -2.44. The zero-order chi connectivity index (χ0) is 13.8. The highest BCUT2D eigenvalue weighted by Crippen LogP contribution is 2.32. The Balaban J connectivity index is 1.76. The molecule has 1 aliphatic carbocycles. The van der Waals surface area contributed by atoms with Crippen LogP contribution >= 0.6 is 0 Å². The summed E-state index contributed by atoms with van der Waals surface area (Å²) in [5.74, 6) is 0.274. The van der Waals surface area contributed by atoms with Gasteiger partial charge in [-0.15, -0.1) is 0 Å². The minimum absolute atomic E-state index is 0.189. The first-order chi connectivity index (χ1) is 9.06. The molecule has 2 atom stereocenters. The van der Waals surface area contributed by atoms with Crippen LogP contribution in [0.1, 0.15) is 18.4 Å². The lowest BCUT2D eigenvalue weighted by Gasteiger charge is -2.15. The maximum atomic E-state index is 11.8. The molecule has 1 fully saturated rings. The van der Waals surface area contributed by atoms with E-state index in [1.807, 2.05) is 0 Å². The molecule has 0 heterocycles. The van der Waals surface area contributed by atoms with Crippen LogP contribution in [-0.4, -0.2) is 34.8 Å². The number of carbonyl (C=O) groups is 1. The van der Waals surface area contributed by atoms with Crippen molar-refractivity contribution in [3.63, 3.8) is 0 Å². The van der Waals surface area contributed by atoms with E-state index >= 15 is 0 Å². The third kappa shape index (κ3) is 4.22. The molecule has 0 aromatic heterocycles. The van der Waals surface area contributed by atoms with Crippen molar-refractivity contribution in [2.45, 2.75) is 31.4 Å². The standard InChI is InChI=1S/C14H20N2O3/c15-12(7-9-1-5-11(17)6-2-9)14(19)16-8-13(18)10-3-4-10/h1-2,5-6,10,12-13,17-18H,3-4,7-8,15H2,(H,16,19). The van der Waals surface area contributed by atoms with Gasteiger partial charge in [0.25, 0.3) is 0 Å². The molecule has 0 aliphatic heterocycles. The van der Waals surface area contributed by atoms with Crippen molar-refractivity contribution in [2.24, 2.45) is 11.7 Å². The van der Waals surface area contributed by atoms with Gasteiger partial charge in [-0.25, -0.2) is 0 Å². The van der Waals surface area contributed by atoms with Crippen LogP contribution in [0.4, 0.5) is 0 Å². The largest absolute Gasteiger partial charge is 0.508 e. The van der Waals surface area contributed by atoms with E-state index in [4.69, 9.17) is 10.8 Å². The molecule has 0 saturated heterocycles. The van der Waals surface area contributed by atoms with E-state index in [1.54, 1.807) is 24.3 Å². The van der Waals surface area contributed by atoms with E-state index in [0.717, 1.165) is 18.4 Å². The summed E-state index contributed by atoms with van der Waals surface area (Å²) in [6, 6.07) is 5.97. The van der Waals surface area contributed by atoms with E-state index in [1.165, 1.54) is 0 Å². The van der Waals surface area contributed by atoms with Crippen molar-refractivity contribution < 1.29 is 15.0 Å². The van der Waals surface area contributed by atoms with Gasteiger partial charge in [0, 0.05) is 6.54 Å². The van der Waals surface area contributed by atoms with Gasteiger partial charge in [0.05, 0.1) is 12.1 Å². The predicted molar refractivity (Wildman–Crippen MR) is 71.5 cm³/mol. The fourth-order valence-electron chi connectivity index (χ4n) is 1.96. The summed E-state index contributed by atoms with van der Waals surface area (Å²) < 4.78 is 0. The van der Waals surface area contributed by atoms with E-state index in [-0.39, 0.29) is 18.2 Å². The summed E-state index contributed by atoms with van der Waals surface area (Å²) in [7, 11) is 0. The number of phenols is 1. The summed E-state index contributed by atoms with van der Waals surface area (Å²) in [5.41, 5.74) is 6.70. The second kappa shape index (κ2) is 6.04. The molecule has 104 valence electrons. The molecule has 2 unspecified atom stereocenters. The number of hydrogen-bond acceptors (Lipinski definition) is 4. The van der Waals surface area contributed by atoms with Crippen LogP contribution < -0.4 is 11.1 Å². The van der Waals surface area contributed by atoms with Gasteiger partial charge in [0.2, 0.25) is 5.91 Å². The quantitative estimate of drug-likeness (QED) is 0.588. The molecule has 5 heteroatoms. The molecule has 5 nitrogen and oxygen atoms in total. The van der Waals surface area contributed by atoms with Crippen LogP contribution in [0.2, 0.25) is 0 Å². The maximum Gasteiger partial charge on any atom is 0.237 e. The van der Waals surface area contributed by atoms with Gasteiger partial charge in [-0.3, -0.25) is 4.79 Å². The van der Waals surface area contributed by atoms with E-state index < -0.39 is 12.1 Å². The summed E-state index contributed by atoms with van der Waals surface area (Å²) in [6.45, 7) is 0.271. The van der Waals surface area contributed by atoms with Crippen molar-refractivity contribution in [1.82, 2.24) is 5.32 Å². The Hall–Kier alpha value is -1.59. The van der Waals surface area contributed by atoms with Crippen molar-refractivity contribution in [2.75, 3.05) is 6.54 Å². The average molecular weight is 264 g/mol. The van der Waals surface area contributed by atoms with Gasteiger partial charge in [0.15, 0.2) is 0 Å². The smallest absolute Gasteiger partial charge is 0.237 e. The summed E-state index contributed by atoms with van der Waals surface area (Å²) >= 11 is 0. The lowest BCUT2D eigenvalue weighted by atomic mass is 10.1. The minimum Gasteiger partial charge on any atom is -0.508 e. The minimum atomic E-state index is -0.643. The second-order valence-electron chi connectivity index (χ2n) is 5.13. The van der Waals surface area contributed by atoms with Crippen LogP contribution in [0, 0.1) is 5.92 Å². The van der Waals surface area contributed by atoms with Crippen LogP contribution in [0.5, 0.6) is 5.75 Å². The van der Waals surface area contributed by atoms with Crippen LogP contribution in [-0.2, 0) is 11.2 Å². The number of aromatic hydroxyl groups is 1. The number of nitrogens with two attached hydrogens (primary N) is 1. The number of hydrogen-bond donors (Lipinski definition) is 4. The predicted octanol–water partition coefficient (Wildman–Crippen LogP) is 0.149. The zero-order valence-corrected chi connectivity index (χ0v) is 10.7. The summed E-state index contributed by atoms with van der Waals surface area (Å²) in [5, 5.41) is 21.5. The molecule has 19 heavy (non-hydrogen) atoms. The fraction of sp³-hybridized carbons (Fsp3) is 0.500. The number of rotatable bonds is 6. The third-order valence-corrected chi connectivity index (χ3v) is 3.38. The zero-order valence-electron chi connectivity index (χ0n) is 10.7. The number of aliphatic hydroxyl groups excluding tert-OH is 1. The number of benzene rings is 1. The van der Waals surface area contributed by atoms with Gasteiger partial charge in [-0.2, -0.15) is 0 Å². The molecule has 1 aromatic rings. The first-order valence-electron chi connectivity index (χ1n) is 6.55. The van der Waals surface area contributed by atoms with Gasteiger partial charge < -0.3 is 21.3 Å². The number of phenolic OH excluding ortho intramolecular Hbond substituents is 1. The first kappa shape index (κ1) is 13.8. The molecule has 0 bridgehead atoms. The molecule has 1 amide bonds. The Kier molecular flexibility index (Phi) is 4.39. The number of carbonyl (C=O) groups excluding carboxylic acids is 1. The van der Waals surface area contributed by atoms with E-state index in [0.29, 0.717) is 12.3 Å². The normalized spacial score (nSPS) is 17.8. The van der Waals surface area contributed by atoms with Crippen LogP contribution in [0.25, 0.3) is 0 Å². The van der Waals surface area contributed by atoms with Crippen LogP contribution in [0.3, 0.4) is 0 Å². The Morgan fingerprint density at radius 2 is 2.00 bits per heavy atom. The van der Waals surface area contributed by atoms with Crippen LogP contribution in [0.15, 0.2) is 24.3 Å². The van der Waals surface area contributed by atoms with E-state index in [9.17, 15) is 9.90 Å². The van der Waals surface area contributed by atoms with Gasteiger partial charge >= 0.3 is 0 Å². The molecule has 0 spiro atoms. The Morgan fingerprint density at radius 3 is 2.58 bits per heavy atom. The van der Waals surface area contributed by atoms with Crippen molar-refractivity contribution in [3.05, 3.63) is 29.8 Å².